The Morgan fingerprint density at radius 3 is 2.63 bits per heavy atom. The summed E-state index contributed by atoms with van der Waals surface area (Å²) in [5, 5.41) is 9.07. The van der Waals surface area contributed by atoms with Gasteiger partial charge >= 0.3 is 0 Å². The van der Waals surface area contributed by atoms with Crippen molar-refractivity contribution in [2.24, 2.45) is 0 Å². The molecule has 106 valence electrons. The summed E-state index contributed by atoms with van der Waals surface area (Å²) >= 11 is 0. The Morgan fingerprint density at radius 2 is 2.05 bits per heavy atom. The van der Waals surface area contributed by atoms with Gasteiger partial charge in [-0.05, 0) is 18.9 Å². The molecule has 0 heterocycles. The van der Waals surface area contributed by atoms with Gasteiger partial charge in [0.2, 0.25) is 5.91 Å². The molecule has 1 rings (SSSR count). The summed E-state index contributed by atoms with van der Waals surface area (Å²) in [6.07, 6.45) is 1.23. The maximum absolute atomic E-state index is 12.1. The molecule has 0 radical (unpaired) electrons. The minimum Gasteiger partial charge on any atom is -0.395 e. The lowest BCUT2D eigenvalue weighted by Gasteiger charge is -2.22. The van der Waals surface area contributed by atoms with Gasteiger partial charge in [-0.25, -0.2) is 0 Å². The third-order valence-corrected chi connectivity index (χ3v) is 3.11. The van der Waals surface area contributed by atoms with Crippen molar-refractivity contribution in [1.82, 2.24) is 4.90 Å². The Hall–Kier alpha value is -1.39. The van der Waals surface area contributed by atoms with Crippen LogP contribution in [0.5, 0.6) is 0 Å². The number of carbonyl (C=O) groups is 1. The second-order valence-electron chi connectivity index (χ2n) is 4.61. The molecule has 4 nitrogen and oxygen atoms in total. The normalized spacial score (nSPS) is 12.2. The second-order valence-corrected chi connectivity index (χ2v) is 4.61. The first-order chi connectivity index (χ1) is 9.17. The summed E-state index contributed by atoms with van der Waals surface area (Å²) in [6.45, 7) is 2.84. The van der Waals surface area contributed by atoms with Gasteiger partial charge in [0.05, 0.1) is 12.7 Å². The highest BCUT2D eigenvalue weighted by atomic mass is 16.5. The number of ether oxygens (including phenoxy) is 1. The standard InChI is InChI=1S/C15H23NO3/c1-13(19-2)8-9-15(18)16(10-11-17)12-14-6-4-3-5-7-14/h3-7,13,17H,8-12H2,1-2H3. The fourth-order valence-electron chi connectivity index (χ4n) is 1.82. The van der Waals surface area contributed by atoms with Gasteiger partial charge in [-0.2, -0.15) is 0 Å². The maximum Gasteiger partial charge on any atom is 0.223 e. The number of rotatable bonds is 8. The Morgan fingerprint density at radius 1 is 1.37 bits per heavy atom. The van der Waals surface area contributed by atoms with Gasteiger partial charge in [-0.15, -0.1) is 0 Å². The third-order valence-electron chi connectivity index (χ3n) is 3.11. The lowest BCUT2D eigenvalue weighted by Crippen LogP contribution is -2.33. The van der Waals surface area contributed by atoms with Crippen LogP contribution >= 0.6 is 0 Å². The Bertz CT molecular complexity index is 367. The summed E-state index contributed by atoms with van der Waals surface area (Å²) in [6, 6.07) is 9.81. The number of carbonyl (C=O) groups excluding carboxylic acids is 1. The van der Waals surface area contributed by atoms with Crippen LogP contribution in [0.25, 0.3) is 0 Å². The molecule has 1 aromatic rings. The molecule has 0 aromatic heterocycles. The molecule has 0 fully saturated rings. The molecule has 1 aromatic carbocycles. The molecule has 1 unspecified atom stereocenters. The van der Waals surface area contributed by atoms with E-state index < -0.39 is 0 Å². The zero-order valence-electron chi connectivity index (χ0n) is 11.7. The molecule has 19 heavy (non-hydrogen) atoms. The van der Waals surface area contributed by atoms with Crippen LogP contribution in [-0.4, -0.2) is 42.3 Å². The molecule has 4 heteroatoms. The average molecular weight is 265 g/mol. The number of hydrogen-bond donors (Lipinski definition) is 1. The largest absolute Gasteiger partial charge is 0.395 e. The van der Waals surface area contributed by atoms with E-state index >= 15 is 0 Å². The van der Waals surface area contributed by atoms with E-state index in [9.17, 15) is 4.79 Å². The number of nitrogens with zero attached hydrogens (tertiary/aromatic N) is 1. The molecule has 0 aliphatic rings. The molecule has 0 aliphatic carbocycles. The minimum atomic E-state index is -0.0155. The Kier molecular flexibility index (Phi) is 7.15. The molecular weight excluding hydrogens is 242 g/mol. The highest BCUT2D eigenvalue weighted by Crippen LogP contribution is 2.08. The first kappa shape index (κ1) is 15.7. The summed E-state index contributed by atoms with van der Waals surface area (Å²) in [5.74, 6) is 0.0572. The molecule has 1 N–H and O–H groups in total. The van der Waals surface area contributed by atoms with Gasteiger partial charge in [0.25, 0.3) is 0 Å². The van der Waals surface area contributed by atoms with Crippen LogP contribution < -0.4 is 0 Å². The van der Waals surface area contributed by atoms with E-state index in [-0.39, 0.29) is 18.6 Å². The van der Waals surface area contributed by atoms with E-state index in [1.165, 1.54) is 0 Å². The number of methoxy groups -OCH3 is 1. The molecule has 0 saturated heterocycles. The highest BCUT2D eigenvalue weighted by Gasteiger charge is 2.14. The molecule has 1 atom stereocenters. The molecule has 1 amide bonds. The van der Waals surface area contributed by atoms with Crippen molar-refractivity contribution in [3.05, 3.63) is 35.9 Å². The predicted molar refractivity (Wildman–Crippen MR) is 74.6 cm³/mol. The first-order valence-electron chi connectivity index (χ1n) is 6.62. The SMILES string of the molecule is COC(C)CCC(=O)N(CCO)Cc1ccccc1. The zero-order valence-corrected chi connectivity index (χ0v) is 11.7. The van der Waals surface area contributed by atoms with Crippen molar-refractivity contribution >= 4 is 5.91 Å². The van der Waals surface area contributed by atoms with Crippen molar-refractivity contribution in [3.8, 4) is 0 Å². The Balaban J connectivity index is 2.54. The van der Waals surface area contributed by atoms with Gasteiger partial charge in [0, 0.05) is 26.6 Å². The van der Waals surface area contributed by atoms with Crippen LogP contribution in [-0.2, 0) is 16.1 Å². The number of aliphatic hydroxyl groups is 1. The topological polar surface area (TPSA) is 49.8 Å². The van der Waals surface area contributed by atoms with E-state index in [2.05, 4.69) is 0 Å². The van der Waals surface area contributed by atoms with E-state index in [0.29, 0.717) is 25.9 Å². The average Bonchev–Trinajstić information content (AvgIpc) is 2.45. The quantitative estimate of drug-likeness (QED) is 0.780. The lowest BCUT2D eigenvalue weighted by molar-refractivity contribution is -0.133. The van der Waals surface area contributed by atoms with E-state index in [4.69, 9.17) is 9.84 Å². The van der Waals surface area contributed by atoms with Gasteiger partial charge in [0.15, 0.2) is 0 Å². The van der Waals surface area contributed by atoms with Crippen LogP contribution in [0.4, 0.5) is 0 Å². The van der Waals surface area contributed by atoms with E-state index in [0.717, 1.165) is 5.56 Å². The maximum atomic E-state index is 12.1. The first-order valence-corrected chi connectivity index (χ1v) is 6.62. The predicted octanol–water partition coefficient (Wildman–Crippen LogP) is 1.82. The van der Waals surface area contributed by atoms with Crippen LogP contribution in [0.1, 0.15) is 25.3 Å². The summed E-state index contributed by atoms with van der Waals surface area (Å²) in [5.41, 5.74) is 1.07. The van der Waals surface area contributed by atoms with E-state index in [1.54, 1.807) is 12.0 Å². The fourth-order valence-corrected chi connectivity index (χ4v) is 1.82. The molecule has 0 aliphatic heterocycles. The molecule has 0 saturated carbocycles. The van der Waals surface area contributed by atoms with Crippen molar-refractivity contribution in [2.75, 3.05) is 20.3 Å². The molecule has 0 spiro atoms. The smallest absolute Gasteiger partial charge is 0.223 e. The van der Waals surface area contributed by atoms with Crippen LogP contribution in [0, 0.1) is 0 Å². The fraction of sp³-hybridized carbons (Fsp3) is 0.533. The van der Waals surface area contributed by atoms with Gasteiger partial charge in [-0.1, -0.05) is 30.3 Å². The highest BCUT2D eigenvalue weighted by molar-refractivity contribution is 5.76. The lowest BCUT2D eigenvalue weighted by atomic mass is 10.1. The van der Waals surface area contributed by atoms with Crippen LogP contribution in [0.2, 0.25) is 0 Å². The van der Waals surface area contributed by atoms with Crippen LogP contribution in [0.15, 0.2) is 30.3 Å². The summed E-state index contributed by atoms with van der Waals surface area (Å²) < 4.78 is 5.14. The van der Waals surface area contributed by atoms with Gasteiger partial charge in [-0.3, -0.25) is 4.79 Å². The number of amides is 1. The van der Waals surface area contributed by atoms with Crippen molar-refractivity contribution in [2.45, 2.75) is 32.4 Å². The summed E-state index contributed by atoms with van der Waals surface area (Å²) in [7, 11) is 1.64. The van der Waals surface area contributed by atoms with E-state index in [1.807, 2.05) is 37.3 Å². The van der Waals surface area contributed by atoms with Gasteiger partial charge in [0.1, 0.15) is 0 Å². The minimum absolute atomic E-state index is 0.0155. The van der Waals surface area contributed by atoms with Gasteiger partial charge < -0.3 is 14.7 Å². The number of hydrogen-bond acceptors (Lipinski definition) is 3. The second kappa shape index (κ2) is 8.67. The number of benzene rings is 1. The summed E-state index contributed by atoms with van der Waals surface area (Å²) in [4.78, 5) is 13.8. The van der Waals surface area contributed by atoms with Crippen molar-refractivity contribution in [1.29, 1.82) is 0 Å². The zero-order chi connectivity index (χ0) is 14.1. The number of aliphatic hydroxyl groups excluding tert-OH is 1. The third kappa shape index (κ3) is 5.85. The molecule has 0 bridgehead atoms. The van der Waals surface area contributed by atoms with Crippen LogP contribution in [0.3, 0.4) is 0 Å². The monoisotopic (exact) mass is 265 g/mol. The van der Waals surface area contributed by atoms with Crippen molar-refractivity contribution in [3.63, 3.8) is 0 Å². The molecular formula is C15H23NO3. The van der Waals surface area contributed by atoms with Crippen molar-refractivity contribution < 1.29 is 14.6 Å². The Labute approximate surface area is 115 Å².